The van der Waals surface area contributed by atoms with Gasteiger partial charge in [-0.1, -0.05) is 0 Å². The molecule has 0 aliphatic carbocycles. The fraction of sp³-hybridized carbons (Fsp3) is 0.500. The summed E-state index contributed by atoms with van der Waals surface area (Å²) < 4.78 is 0. The maximum atomic E-state index is 12.2. The lowest BCUT2D eigenvalue weighted by molar-refractivity contribution is -0.138. The van der Waals surface area contributed by atoms with E-state index in [-0.39, 0.29) is 12.6 Å². The topological polar surface area (TPSA) is 82.5 Å². The standard InChI is InChI=1S/C14H21N3O3/c1-10(11-5-7-15-8-6-11)16-13(20)17(9-12(18)19)14(2,3)4/h5-8,10H,9H2,1-4H3,(H,16,20)(H,18,19). The number of hydrogen-bond donors (Lipinski definition) is 2. The molecule has 1 aromatic rings. The molecular formula is C14H21N3O3. The second kappa shape index (κ2) is 6.36. The van der Waals surface area contributed by atoms with Gasteiger partial charge in [-0.25, -0.2) is 4.79 Å². The van der Waals surface area contributed by atoms with Crippen molar-refractivity contribution >= 4 is 12.0 Å². The van der Waals surface area contributed by atoms with Crippen molar-refractivity contribution in [2.24, 2.45) is 0 Å². The summed E-state index contributed by atoms with van der Waals surface area (Å²) in [5.74, 6) is -1.04. The minimum Gasteiger partial charge on any atom is -0.480 e. The molecule has 1 atom stereocenters. The number of carboxylic acids is 1. The average Bonchev–Trinajstić information content (AvgIpc) is 2.35. The molecule has 1 unspecified atom stereocenters. The van der Waals surface area contributed by atoms with Gasteiger partial charge in [-0.05, 0) is 45.4 Å². The van der Waals surface area contributed by atoms with Crippen LogP contribution in [0.1, 0.15) is 39.3 Å². The zero-order valence-corrected chi connectivity index (χ0v) is 12.3. The molecule has 0 spiro atoms. The Bertz CT molecular complexity index is 468. The number of aliphatic carboxylic acids is 1. The van der Waals surface area contributed by atoms with Gasteiger partial charge in [-0.15, -0.1) is 0 Å². The fourth-order valence-electron chi connectivity index (χ4n) is 1.75. The summed E-state index contributed by atoms with van der Waals surface area (Å²) in [6.07, 6.45) is 3.30. The lowest BCUT2D eigenvalue weighted by Crippen LogP contribution is -2.52. The second-order valence-electron chi connectivity index (χ2n) is 5.60. The van der Waals surface area contributed by atoms with Crippen LogP contribution in [0, 0.1) is 0 Å². The average molecular weight is 279 g/mol. The SMILES string of the molecule is CC(NC(=O)N(CC(=O)O)C(C)(C)C)c1ccncc1. The lowest BCUT2D eigenvalue weighted by atomic mass is 10.1. The van der Waals surface area contributed by atoms with Crippen molar-refractivity contribution in [3.8, 4) is 0 Å². The maximum absolute atomic E-state index is 12.2. The van der Waals surface area contributed by atoms with Crippen LogP contribution in [-0.4, -0.2) is 39.1 Å². The van der Waals surface area contributed by atoms with Gasteiger partial charge in [0.2, 0.25) is 0 Å². The summed E-state index contributed by atoms with van der Waals surface area (Å²) in [5, 5.41) is 11.7. The molecule has 2 amide bonds. The molecule has 0 bridgehead atoms. The summed E-state index contributed by atoms with van der Waals surface area (Å²) in [6.45, 7) is 6.90. The number of rotatable bonds is 4. The predicted octanol–water partition coefficient (Wildman–Crippen LogP) is 2.04. The molecular weight excluding hydrogens is 258 g/mol. The van der Waals surface area contributed by atoms with Crippen molar-refractivity contribution in [3.63, 3.8) is 0 Å². The van der Waals surface area contributed by atoms with Gasteiger partial charge < -0.3 is 15.3 Å². The van der Waals surface area contributed by atoms with Crippen molar-refractivity contribution in [1.82, 2.24) is 15.2 Å². The molecule has 2 N–H and O–H groups in total. The minimum atomic E-state index is -1.04. The van der Waals surface area contributed by atoms with Crippen molar-refractivity contribution in [3.05, 3.63) is 30.1 Å². The number of urea groups is 1. The van der Waals surface area contributed by atoms with E-state index in [2.05, 4.69) is 10.3 Å². The number of hydrogen-bond acceptors (Lipinski definition) is 3. The van der Waals surface area contributed by atoms with E-state index < -0.39 is 17.5 Å². The highest BCUT2D eigenvalue weighted by Crippen LogP contribution is 2.16. The Balaban J connectivity index is 2.79. The molecule has 0 aliphatic heterocycles. The van der Waals surface area contributed by atoms with Crippen LogP contribution in [0.15, 0.2) is 24.5 Å². The molecule has 0 radical (unpaired) electrons. The quantitative estimate of drug-likeness (QED) is 0.883. The molecule has 0 aliphatic rings. The first-order chi connectivity index (χ1) is 9.21. The normalized spacial score (nSPS) is 12.6. The number of carboxylic acid groups (broad SMARTS) is 1. The van der Waals surface area contributed by atoms with Gasteiger partial charge in [0.25, 0.3) is 0 Å². The number of pyridine rings is 1. The Hall–Kier alpha value is -2.11. The van der Waals surface area contributed by atoms with Crippen molar-refractivity contribution < 1.29 is 14.7 Å². The van der Waals surface area contributed by atoms with E-state index in [1.165, 1.54) is 4.90 Å². The van der Waals surface area contributed by atoms with Crippen LogP contribution in [0.25, 0.3) is 0 Å². The van der Waals surface area contributed by atoms with Crippen LogP contribution in [-0.2, 0) is 4.79 Å². The van der Waals surface area contributed by atoms with E-state index in [0.29, 0.717) is 0 Å². The van der Waals surface area contributed by atoms with Crippen LogP contribution >= 0.6 is 0 Å². The Morgan fingerprint density at radius 2 is 1.90 bits per heavy atom. The summed E-state index contributed by atoms with van der Waals surface area (Å²) in [5.41, 5.74) is 0.345. The van der Waals surface area contributed by atoms with Gasteiger partial charge in [0.15, 0.2) is 0 Å². The summed E-state index contributed by atoms with van der Waals surface area (Å²) in [7, 11) is 0. The van der Waals surface area contributed by atoms with Gasteiger partial charge in [0.1, 0.15) is 6.54 Å². The lowest BCUT2D eigenvalue weighted by Gasteiger charge is -2.35. The molecule has 110 valence electrons. The van der Waals surface area contributed by atoms with Crippen LogP contribution in [0.4, 0.5) is 4.79 Å². The number of carbonyl (C=O) groups is 2. The molecule has 6 heteroatoms. The molecule has 0 fully saturated rings. The van der Waals surface area contributed by atoms with E-state index in [9.17, 15) is 9.59 Å². The summed E-state index contributed by atoms with van der Waals surface area (Å²) in [4.78, 5) is 28.4. The van der Waals surface area contributed by atoms with Gasteiger partial charge in [-0.2, -0.15) is 0 Å². The largest absolute Gasteiger partial charge is 0.480 e. The zero-order chi connectivity index (χ0) is 15.3. The highest BCUT2D eigenvalue weighted by molar-refractivity contribution is 5.81. The number of carbonyl (C=O) groups excluding carboxylic acids is 1. The van der Waals surface area contributed by atoms with E-state index in [0.717, 1.165) is 5.56 Å². The minimum absolute atomic E-state index is 0.218. The fourth-order valence-corrected chi connectivity index (χ4v) is 1.75. The molecule has 0 aromatic carbocycles. The monoisotopic (exact) mass is 279 g/mol. The number of nitrogens with zero attached hydrogens (tertiary/aromatic N) is 2. The highest BCUT2D eigenvalue weighted by Gasteiger charge is 2.29. The molecule has 1 rings (SSSR count). The van der Waals surface area contributed by atoms with E-state index in [1.807, 2.05) is 19.1 Å². The number of nitrogens with one attached hydrogen (secondary N) is 1. The van der Waals surface area contributed by atoms with E-state index in [4.69, 9.17) is 5.11 Å². The number of amides is 2. The zero-order valence-electron chi connectivity index (χ0n) is 12.3. The molecule has 1 heterocycles. The van der Waals surface area contributed by atoms with Crippen molar-refractivity contribution in [2.75, 3.05) is 6.54 Å². The maximum Gasteiger partial charge on any atom is 0.323 e. The van der Waals surface area contributed by atoms with E-state index in [1.54, 1.807) is 33.2 Å². The predicted molar refractivity (Wildman–Crippen MR) is 75.3 cm³/mol. The van der Waals surface area contributed by atoms with Crippen LogP contribution in [0.5, 0.6) is 0 Å². The van der Waals surface area contributed by atoms with Gasteiger partial charge in [0, 0.05) is 17.9 Å². The highest BCUT2D eigenvalue weighted by atomic mass is 16.4. The third-order valence-electron chi connectivity index (χ3n) is 2.89. The third kappa shape index (κ3) is 4.53. The second-order valence-corrected chi connectivity index (χ2v) is 5.60. The first-order valence-corrected chi connectivity index (χ1v) is 6.41. The Morgan fingerprint density at radius 3 is 2.35 bits per heavy atom. The Morgan fingerprint density at radius 1 is 1.35 bits per heavy atom. The molecule has 0 saturated carbocycles. The van der Waals surface area contributed by atoms with Gasteiger partial charge in [0.05, 0.1) is 6.04 Å². The van der Waals surface area contributed by atoms with E-state index >= 15 is 0 Å². The molecule has 0 saturated heterocycles. The first kappa shape index (κ1) is 15.9. The summed E-state index contributed by atoms with van der Waals surface area (Å²) >= 11 is 0. The molecule has 1 aromatic heterocycles. The molecule has 6 nitrogen and oxygen atoms in total. The van der Waals surface area contributed by atoms with Crippen molar-refractivity contribution in [1.29, 1.82) is 0 Å². The van der Waals surface area contributed by atoms with Gasteiger partial charge in [-0.3, -0.25) is 9.78 Å². The third-order valence-corrected chi connectivity index (χ3v) is 2.89. The van der Waals surface area contributed by atoms with Crippen molar-refractivity contribution in [2.45, 2.75) is 39.3 Å². The van der Waals surface area contributed by atoms with Crippen LogP contribution < -0.4 is 5.32 Å². The summed E-state index contributed by atoms with van der Waals surface area (Å²) in [6, 6.07) is 3.00. The smallest absolute Gasteiger partial charge is 0.323 e. The van der Waals surface area contributed by atoms with Crippen LogP contribution in [0.2, 0.25) is 0 Å². The van der Waals surface area contributed by atoms with Gasteiger partial charge >= 0.3 is 12.0 Å². The Kier molecular flexibility index (Phi) is 5.07. The molecule has 20 heavy (non-hydrogen) atoms. The van der Waals surface area contributed by atoms with Crippen LogP contribution in [0.3, 0.4) is 0 Å². The first-order valence-electron chi connectivity index (χ1n) is 6.41. The number of aromatic nitrogens is 1. The Labute approximate surface area is 118 Å².